The van der Waals surface area contributed by atoms with Gasteiger partial charge in [0.2, 0.25) is 0 Å². The summed E-state index contributed by atoms with van der Waals surface area (Å²) in [7, 11) is 0. The molecule has 0 spiro atoms. The van der Waals surface area contributed by atoms with E-state index >= 15 is 0 Å². The molecule has 6 heteroatoms. The maximum atomic E-state index is 12.6. The second-order valence-electron chi connectivity index (χ2n) is 4.86. The molecule has 1 heterocycles. The van der Waals surface area contributed by atoms with Gasteiger partial charge in [-0.15, -0.1) is 0 Å². The molecule has 1 aromatic heterocycles. The van der Waals surface area contributed by atoms with E-state index in [0.717, 1.165) is 28.8 Å². The van der Waals surface area contributed by atoms with Gasteiger partial charge in [0.25, 0.3) is 0 Å². The fraction of sp³-hybridized carbons (Fsp3) is 0.125. The quantitative estimate of drug-likeness (QED) is 0.792. The molecule has 0 fully saturated rings. The Hall–Kier alpha value is -2.63. The van der Waals surface area contributed by atoms with Crippen molar-refractivity contribution in [3.63, 3.8) is 0 Å². The van der Waals surface area contributed by atoms with Crippen molar-refractivity contribution in [3.8, 4) is 11.4 Å². The lowest BCUT2D eigenvalue weighted by Gasteiger charge is -2.09. The predicted molar refractivity (Wildman–Crippen MR) is 76.1 cm³/mol. The Morgan fingerprint density at radius 1 is 0.955 bits per heavy atom. The van der Waals surface area contributed by atoms with Gasteiger partial charge in [-0.05, 0) is 29.7 Å². The number of hydrogen-bond donors (Lipinski definition) is 1. The van der Waals surface area contributed by atoms with Crippen LogP contribution in [-0.4, -0.2) is 15.2 Å². The first kappa shape index (κ1) is 14.3. The molecule has 3 aromatic rings. The van der Waals surface area contributed by atoms with Gasteiger partial charge < -0.3 is 0 Å². The molecule has 0 radical (unpaired) electrons. The van der Waals surface area contributed by atoms with Gasteiger partial charge in [-0.2, -0.15) is 18.3 Å². The Morgan fingerprint density at radius 2 is 1.68 bits per heavy atom. The zero-order chi connectivity index (χ0) is 15.6. The number of halogens is 3. The summed E-state index contributed by atoms with van der Waals surface area (Å²) in [5, 5.41) is 6.62. The second-order valence-corrected chi connectivity index (χ2v) is 4.86. The molecule has 0 aliphatic carbocycles. The van der Waals surface area contributed by atoms with Crippen LogP contribution in [-0.2, 0) is 12.6 Å². The Bertz CT molecular complexity index is 747. The zero-order valence-corrected chi connectivity index (χ0v) is 11.4. The summed E-state index contributed by atoms with van der Waals surface area (Å²) in [6, 6.07) is 12.8. The summed E-state index contributed by atoms with van der Waals surface area (Å²) in [4.78, 5) is 4.12. The highest BCUT2D eigenvalue weighted by Crippen LogP contribution is 2.30. The minimum absolute atomic E-state index is 0.523. The van der Waals surface area contributed by atoms with Crippen molar-refractivity contribution in [2.75, 3.05) is 0 Å². The van der Waals surface area contributed by atoms with Gasteiger partial charge in [-0.1, -0.05) is 36.4 Å². The SMILES string of the molecule is FC(F)(F)c1ccc(Cc2ccccc2-c2ncn[nH]2)cc1. The molecule has 3 rings (SSSR count). The van der Waals surface area contributed by atoms with Crippen LogP contribution in [0.3, 0.4) is 0 Å². The van der Waals surface area contributed by atoms with E-state index < -0.39 is 11.7 Å². The second kappa shape index (κ2) is 5.63. The monoisotopic (exact) mass is 303 g/mol. The minimum atomic E-state index is -4.31. The van der Waals surface area contributed by atoms with Crippen molar-refractivity contribution in [2.45, 2.75) is 12.6 Å². The molecule has 0 bridgehead atoms. The largest absolute Gasteiger partial charge is 0.416 e. The highest BCUT2D eigenvalue weighted by atomic mass is 19.4. The van der Waals surface area contributed by atoms with Crippen LogP contribution in [0.1, 0.15) is 16.7 Å². The van der Waals surface area contributed by atoms with Crippen molar-refractivity contribution < 1.29 is 13.2 Å². The van der Waals surface area contributed by atoms with Gasteiger partial charge in [0.15, 0.2) is 5.82 Å². The van der Waals surface area contributed by atoms with Gasteiger partial charge in [0, 0.05) is 5.56 Å². The van der Waals surface area contributed by atoms with Crippen molar-refractivity contribution in [1.82, 2.24) is 15.2 Å². The fourth-order valence-electron chi connectivity index (χ4n) is 2.27. The first-order valence-corrected chi connectivity index (χ1v) is 6.64. The third kappa shape index (κ3) is 3.00. The summed E-state index contributed by atoms with van der Waals surface area (Å²) in [5.74, 6) is 0.641. The normalized spacial score (nSPS) is 11.6. The molecule has 22 heavy (non-hydrogen) atoms. The first-order valence-electron chi connectivity index (χ1n) is 6.64. The molecular formula is C16H12F3N3. The van der Waals surface area contributed by atoms with Crippen LogP contribution in [0.2, 0.25) is 0 Å². The summed E-state index contributed by atoms with van der Waals surface area (Å²) in [6.45, 7) is 0. The van der Waals surface area contributed by atoms with E-state index in [1.807, 2.05) is 24.3 Å². The standard InChI is InChI=1S/C16H12F3N3/c17-16(18,19)13-7-5-11(6-8-13)9-12-3-1-2-4-14(12)15-20-10-21-22-15/h1-8,10H,9H2,(H,20,21,22). The Kier molecular flexibility index (Phi) is 3.66. The van der Waals surface area contributed by atoms with Gasteiger partial charge >= 0.3 is 6.18 Å². The number of benzene rings is 2. The average Bonchev–Trinajstić information content (AvgIpc) is 3.01. The van der Waals surface area contributed by atoms with Crippen molar-refractivity contribution in [1.29, 1.82) is 0 Å². The summed E-state index contributed by atoms with van der Waals surface area (Å²) in [5.41, 5.74) is 2.03. The fourth-order valence-corrected chi connectivity index (χ4v) is 2.27. The summed E-state index contributed by atoms with van der Waals surface area (Å²) < 4.78 is 37.7. The van der Waals surface area contributed by atoms with E-state index in [1.165, 1.54) is 18.5 Å². The maximum Gasteiger partial charge on any atom is 0.416 e. The number of H-pyrrole nitrogens is 1. The number of hydrogen-bond acceptors (Lipinski definition) is 2. The molecule has 2 aromatic carbocycles. The third-order valence-corrected chi connectivity index (χ3v) is 3.36. The Balaban J connectivity index is 1.88. The molecule has 3 nitrogen and oxygen atoms in total. The van der Waals surface area contributed by atoms with Crippen LogP contribution in [0.4, 0.5) is 13.2 Å². The molecule has 0 saturated heterocycles. The lowest BCUT2D eigenvalue weighted by Crippen LogP contribution is -2.04. The molecule has 0 aliphatic rings. The highest BCUT2D eigenvalue weighted by Gasteiger charge is 2.29. The van der Waals surface area contributed by atoms with Gasteiger partial charge in [0.05, 0.1) is 5.56 Å². The van der Waals surface area contributed by atoms with Crippen LogP contribution in [0, 0.1) is 0 Å². The number of nitrogens with one attached hydrogen (secondary N) is 1. The predicted octanol–water partition coefficient (Wildman–Crippen LogP) is 4.08. The van der Waals surface area contributed by atoms with Crippen molar-refractivity contribution in [2.24, 2.45) is 0 Å². The minimum Gasteiger partial charge on any atom is -0.259 e. The Labute approximate surface area is 124 Å². The van der Waals surface area contributed by atoms with Crippen LogP contribution in [0.25, 0.3) is 11.4 Å². The van der Waals surface area contributed by atoms with Crippen LogP contribution >= 0.6 is 0 Å². The van der Waals surface area contributed by atoms with Gasteiger partial charge in [0.1, 0.15) is 6.33 Å². The lowest BCUT2D eigenvalue weighted by atomic mass is 9.98. The molecular weight excluding hydrogens is 291 g/mol. The number of alkyl halides is 3. The van der Waals surface area contributed by atoms with Crippen LogP contribution in [0.5, 0.6) is 0 Å². The molecule has 0 amide bonds. The third-order valence-electron chi connectivity index (χ3n) is 3.36. The topological polar surface area (TPSA) is 41.6 Å². The summed E-state index contributed by atoms with van der Waals surface area (Å²) in [6.07, 6.45) is -2.37. The van der Waals surface area contributed by atoms with E-state index in [2.05, 4.69) is 15.2 Å². The van der Waals surface area contributed by atoms with Gasteiger partial charge in [-0.25, -0.2) is 4.98 Å². The van der Waals surface area contributed by atoms with E-state index in [1.54, 1.807) is 0 Å². The van der Waals surface area contributed by atoms with Gasteiger partial charge in [-0.3, -0.25) is 5.10 Å². The molecule has 0 saturated carbocycles. The number of aromatic amines is 1. The van der Waals surface area contributed by atoms with Crippen molar-refractivity contribution in [3.05, 3.63) is 71.5 Å². The molecule has 0 atom stereocenters. The summed E-state index contributed by atoms with van der Waals surface area (Å²) >= 11 is 0. The molecule has 0 aliphatic heterocycles. The average molecular weight is 303 g/mol. The molecule has 0 unspecified atom stereocenters. The van der Waals surface area contributed by atoms with Crippen LogP contribution in [0.15, 0.2) is 54.9 Å². The van der Waals surface area contributed by atoms with E-state index in [4.69, 9.17) is 0 Å². The number of nitrogens with zero attached hydrogens (tertiary/aromatic N) is 2. The number of rotatable bonds is 3. The smallest absolute Gasteiger partial charge is 0.259 e. The maximum absolute atomic E-state index is 12.6. The first-order chi connectivity index (χ1) is 10.5. The molecule has 1 N–H and O–H groups in total. The zero-order valence-electron chi connectivity index (χ0n) is 11.4. The van der Waals surface area contributed by atoms with E-state index in [9.17, 15) is 13.2 Å². The molecule has 112 valence electrons. The Morgan fingerprint density at radius 3 is 2.32 bits per heavy atom. The number of aromatic nitrogens is 3. The van der Waals surface area contributed by atoms with E-state index in [-0.39, 0.29) is 0 Å². The van der Waals surface area contributed by atoms with Crippen molar-refractivity contribution >= 4 is 0 Å². The lowest BCUT2D eigenvalue weighted by molar-refractivity contribution is -0.137. The highest BCUT2D eigenvalue weighted by molar-refractivity contribution is 5.60. The van der Waals surface area contributed by atoms with Crippen LogP contribution < -0.4 is 0 Å². The van der Waals surface area contributed by atoms with E-state index in [0.29, 0.717) is 12.2 Å².